The lowest BCUT2D eigenvalue weighted by Crippen LogP contribution is -2.25. The number of carbonyl (C=O) groups is 2. The van der Waals surface area contributed by atoms with E-state index < -0.39 is 0 Å². The molecule has 1 aromatic carbocycles. The van der Waals surface area contributed by atoms with E-state index >= 15 is 0 Å². The molecule has 1 fully saturated rings. The van der Waals surface area contributed by atoms with Gasteiger partial charge in [0.15, 0.2) is 0 Å². The first-order chi connectivity index (χ1) is 12.1. The van der Waals surface area contributed by atoms with E-state index in [0.717, 1.165) is 35.3 Å². The van der Waals surface area contributed by atoms with Crippen molar-refractivity contribution in [3.63, 3.8) is 0 Å². The summed E-state index contributed by atoms with van der Waals surface area (Å²) in [6, 6.07) is 11.5. The molecule has 130 valence electrons. The minimum absolute atomic E-state index is 0.214. The highest BCUT2D eigenvalue weighted by Gasteiger charge is 2.31. The molecular weight excluding hydrogens is 338 g/mol. The highest BCUT2D eigenvalue weighted by Crippen LogP contribution is 2.23. The van der Waals surface area contributed by atoms with E-state index in [4.69, 9.17) is 4.74 Å². The molecule has 0 spiro atoms. The third kappa shape index (κ3) is 4.73. The number of benzene rings is 1. The normalized spacial score (nSPS) is 16.6. The van der Waals surface area contributed by atoms with Crippen molar-refractivity contribution < 1.29 is 14.3 Å². The van der Waals surface area contributed by atoms with Crippen LogP contribution in [-0.4, -0.2) is 41.6 Å². The van der Waals surface area contributed by atoms with E-state index in [9.17, 15) is 9.59 Å². The summed E-state index contributed by atoms with van der Waals surface area (Å²) in [5.41, 5.74) is 2.05. The van der Waals surface area contributed by atoms with Gasteiger partial charge in [0.25, 0.3) is 5.24 Å². The fraction of sp³-hybridized carbons (Fsp3) is 0.278. The van der Waals surface area contributed by atoms with Crippen LogP contribution in [0.25, 0.3) is 0 Å². The Labute approximate surface area is 150 Å². The molecule has 6 nitrogen and oxygen atoms in total. The van der Waals surface area contributed by atoms with Crippen molar-refractivity contribution >= 4 is 28.6 Å². The lowest BCUT2D eigenvalue weighted by atomic mass is 10.1. The van der Waals surface area contributed by atoms with Crippen molar-refractivity contribution in [3.05, 3.63) is 54.4 Å². The van der Waals surface area contributed by atoms with Gasteiger partial charge in [0.05, 0.1) is 23.7 Å². The summed E-state index contributed by atoms with van der Waals surface area (Å²) in [6.45, 7) is 1.30. The van der Waals surface area contributed by atoms with Crippen LogP contribution < -0.4 is 15.0 Å². The third-order valence-corrected chi connectivity index (χ3v) is 4.87. The van der Waals surface area contributed by atoms with Gasteiger partial charge in [0.1, 0.15) is 12.4 Å². The summed E-state index contributed by atoms with van der Waals surface area (Å²) in [7, 11) is 2.00. The Morgan fingerprint density at radius 3 is 2.68 bits per heavy atom. The van der Waals surface area contributed by atoms with Crippen molar-refractivity contribution in [1.29, 1.82) is 0 Å². The van der Waals surface area contributed by atoms with Gasteiger partial charge in [-0.1, -0.05) is 23.9 Å². The largest absolute Gasteiger partial charge is 0.492 e. The minimum atomic E-state index is -0.340. The molecule has 1 aliphatic heterocycles. The van der Waals surface area contributed by atoms with Gasteiger partial charge in [-0.2, -0.15) is 0 Å². The number of thioether (sulfide) groups is 1. The number of pyridine rings is 1. The van der Waals surface area contributed by atoms with Crippen LogP contribution in [0.15, 0.2) is 48.8 Å². The van der Waals surface area contributed by atoms with Crippen LogP contribution in [0.4, 0.5) is 10.5 Å². The van der Waals surface area contributed by atoms with Gasteiger partial charge < -0.3 is 9.64 Å². The average molecular weight is 357 g/mol. The highest BCUT2D eigenvalue weighted by molar-refractivity contribution is 8.15. The van der Waals surface area contributed by atoms with Crippen LogP contribution in [0, 0.1) is 0 Å². The van der Waals surface area contributed by atoms with Gasteiger partial charge in [-0.3, -0.25) is 19.9 Å². The van der Waals surface area contributed by atoms with Gasteiger partial charge >= 0.3 is 0 Å². The monoisotopic (exact) mass is 357 g/mol. The molecule has 3 rings (SSSR count). The number of likely N-dealkylation sites (N-methyl/N-ethyl adjacent to an activating group) is 1. The van der Waals surface area contributed by atoms with Gasteiger partial charge in [-0.05, 0) is 36.2 Å². The summed E-state index contributed by atoms with van der Waals surface area (Å²) in [5.74, 6) is 0.566. The second-order valence-electron chi connectivity index (χ2n) is 5.71. The molecule has 0 bridgehead atoms. The second kappa shape index (κ2) is 8.02. The molecule has 1 aromatic heterocycles. The number of aromatic nitrogens is 1. The van der Waals surface area contributed by atoms with Crippen LogP contribution >= 0.6 is 11.8 Å². The van der Waals surface area contributed by atoms with Crippen LogP contribution in [0.3, 0.4) is 0 Å². The van der Waals surface area contributed by atoms with E-state index in [2.05, 4.69) is 15.2 Å². The summed E-state index contributed by atoms with van der Waals surface area (Å²) < 4.78 is 5.76. The maximum absolute atomic E-state index is 11.6. The minimum Gasteiger partial charge on any atom is -0.492 e. The number of nitrogens with one attached hydrogen (secondary N) is 1. The second-order valence-corrected chi connectivity index (χ2v) is 6.89. The van der Waals surface area contributed by atoms with Crippen molar-refractivity contribution in [2.45, 2.75) is 11.7 Å². The molecule has 1 aliphatic rings. The van der Waals surface area contributed by atoms with Crippen LogP contribution in [0.1, 0.15) is 5.56 Å². The molecule has 25 heavy (non-hydrogen) atoms. The van der Waals surface area contributed by atoms with Gasteiger partial charge in [0, 0.05) is 13.2 Å². The summed E-state index contributed by atoms with van der Waals surface area (Å²) in [6.07, 6.45) is 4.10. The molecule has 1 unspecified atom stereocenters. The summed E-state index contributed by atoms with van der Waals surface area (Å²) >= 11 is 1.05. The van der Waals surface area contributed by atoms with Crippen LogP contribution in [-0.2, 0) is 11.2 Å². The average Bonchev–Trinajstić information content (AvgIpc) is 2.94. The highest BCUT2D eigenvalue weighted by atomic mass is 32.2. The first-order valence-corrected chi connectivity index (χ1v) is 8.84. The lowest BCUT2D eigenvalue weighted by molar-refractivity contribution is -0.118. The third-order valence-electron chi connectivity index (χ3n) is 3.89. The Hall–Kier alpha value is -2.54. The fourth-order valence-corrected chi connectivity index (χ4v) is 3.33. The lowest BCUT2D eigenvalue weighted by Gasteiger charge is -2.18. The number of hydrogen-bond acceptors (Lipinski definition) is 6. The predicted octanol–water partition coefficient (Wildman–Crippen LogP) is 2.49. The zero-order valence-electron chi connectivity index (χ0n) is 13.8. The van der Waals surface area contributed by atoms with E-state index in [0.29, 0.717) is 13.0 Å². The standard InChI is InChI=1S/C18H19N3O3S/c1-21(14-3-2-8-19-12-14)9-10-24-15-6-4-13(5-7-15)11-16-17(22)20-18(23)25-16/h2-8,12,16H,9-11H2,1H3,(H,20,22,23). The van der Waals surface area contributed by atoms with Crippen molar-refractivity contribution in [3.8, 4) is 5.75 Å². The molecule has 2 aromatic rings. The molecule has 1 atom stereocenters. The number of rotatable bonds is 7. The molecule has 2 heterocycles. The number of amides is 2. The molecule has 0 radical (unpaired) electrons. The topological polar surface area (TPSA) is 71.5 Å². The van der Waals surface area contributed by atoms with Crippen LogP contribution in [0.2, 0.25) is 0 Å². The molecular formula is C18H19N3O3S. The molecule has 2 amide bonds. The first-order valence-electron chi connectivity index (χ1n) is 7.96. The Balaban J connectivity index is 1.46. The van der Waals surface area contributed by atoms with Crippen molar-refractivity contribution in [2.75, 3.05) is 25.1 Å². The number of anilines is 1. The molecule has 7 heteroatoms. The van der Waals surface area contributed by atoms with Gasteiger partial charge in [0.2, 0.25) is 5.91 Å². The summed E-state index contributed by atoms with van der Waals surface area (Å²) in [4.78, 5) is 29.0. The van der Waals surface area contributed by atoms with Gasteiger partial charge in [-0.25, -0.2) is 0 Å². The Bertz CT molecular complexity index is 737. The molecule has 0 aliphatic carbocycles. The number of carbonyl (C=O) groups excluding carboxylic acids is 2. The predicted molar refractivity (Wildman–Crippen MR) is 98.1 cm³/mol. The van der Waals surface area contributed by atoms with Crippen molar-refractivity contribution in [1.82, 2.24) is 10.3 Å². The quantitative estimate of drug-likeness (QED) is 0.821. The Kier molecular flexibility index (Phi) is 5.55. The van der Waals surface area contributed by atoms with Crippen molar-refractivity contribution in [2.24, 2.45) is 0 Å². The van der Waals surface area contributed by atoms with E-state index in [1.807, 2.05) is 49.6 Å². The number of nitrogens with zero attached hydrogens (tertiary/aromatic N) is 2. The molecule has 1 saturated heterocycles. The maximum atomic E-state index is 11.6. The SMILES string of the molecule is CN(CCOc1ccc(CC2SC(=O)NC2=O)cc1)c1cccnc1. The first kappa shape index (κ1) is 17.3. The zero-order chi connectivity index (χ0) is 17.6. The van der Waals surface area contributed by atoms with Crippen LogP contribution in [0.5, 0.6) is 5.75 Å². The number of imide groups is 1. The Morgan fingerprint density at radius 1 is 1.24 bits per heavy atom. The zero-order valence-corrected chi connectivity index (χ0v) is 14.7. The smallest absolute Gasteiger partial charge is 0.286 e. The maximum Gasteiger partial charge on any atom is 0.286 e. The van der Waals surface area contributed by atoms with E-state index in [-0.39, 0.29) is 16.4 Å². The van der Waals surface area contributed by atoms with E-state index in [1.165, 1.54) is 0 Å². The van der Waals surface area contributed by atoms with Gasteiger partial charge in [-0.15, -0.1) is 0 Å². The fourth-order valence-electron chi connectivity index (χ4n) is 2.47. The molecule has 1 N–H and O–H groups in total. The number of ether oxygens (including phenoxy) is 1. The summed E-state index contributed by atoms with van der Waals surface area (Å²) in [5, 5.41) is 1.69. The van der Waals surface area contributed by atoms with E-state index in [1.54, 1.807) is 6.20 Å². The molecule has 0 saturated carbocycles. The number of hydrogen-bond donors (Lipinski definition) is 1. The Morgan fingerprint density at radius 2 is 2.04 bits per heavy atom.